The van der Waals surface area contributed by atoms with Crippen molar-refractivity contribution in [1.82, 2.24) is 29.1 Å². The number of aromatic nitrogens is 4. The Labute approximate surface area is 245 Å². The predicted octanol–water partition coefficient (Wildman–Crippen LogP) is 2.95. The van der Waals surface area contributed by atoms with Gasteiger partial charge in [0, 0.05) is 61.8 Å². The van der Waals surface area contributed by atoms with Crippen molar-refractivity contribution in [2.45, 2.75) is 44.6 Å². The fourth-order valence-corrected chi connectivity index (χ4v) is 6.76. The van der Waals surface area contributed by atoms with Crippen molar-refractivity contribution in [1.29, 1.82) is 0 Å². The van der Waals surface area contributed by atoms with E-state index in [-0.39, 0.29) is 6.61 Å². The Hall–Kier alpha value is -2.84. The fourth-order valence-electron chi connectivity index (χ4n) is 5.55. The van der Waals surface area contributed by atoms with Crippen LogP contribution in [0, 0.1) is 0 Å². The van der Waals surface area contributed by atoms with Crippen molar-refractivity contribution in [2.24, 2.45) is 0 Å². The number of imidazole rings is 1. The van der Waals surface area contributed by atoms with Crippen LogP contribution in [0.25, 0.3) is 11.2 Å². The molecule has 41 heavy (non-hydrogen) atoms. The van der Waals surface area contributed by atoms with Crippen molar-refractivity contribution in [3.63, 3.8) is 0 Å². The minimum absolute atomic E-state index is 0.150. The summed E-state index contributed by atoms with van der Waals surface area (Å²) >= 11 is -0.986. The summed E-state index contributed by atoms with van der Waals surface area (Å²) in [5, 5.41) is 16.0. The van der Waals surface area contributed by atoms with Crippen LogP contribution in [0.3, 0.4) is 0 Å². The van der Waals surface area contributed by atoms with Gasteiger partial charge in [0.2, 0.25) is 5.95 Å². The van der Waals surface area contributed by atoms with Crippen LogP contribution in [0.2, 0.25) is 0 Å². The predicted molar refractivity (Wildman–Crippen MR) is 164 cm³/mol. The van der Waals surface area contributed by atoms with Crippen LogP contribution in [-0.2, 0) is 11.4 Å². The zero-order valence-electron chi connectivity index (χ0n) is 24.1. The molecule has 1 saturated carbocycles. The molecule has 13 heteroatoms. The highest BCUT2D eigenvalue weighted by atomic mass is 32.2. The number of ether oxygens (including phenoxy) is 1. The molecule has 4 N–H and O–H groups in total. The van der Waals surface area contributed by atoms with E-state index >= 15 is 0 Å². The molecule has 2 aromatic heterocycles. The van der Waals surface area contributed by atoms with E-state index < -0.39 is 11.4 Å². The maximum atomic E-state index is 12.8. The topological polar surface area (TPSA) is 141 Å². The number of rotatable bonds is 13. The molecule has 224 valence electrons. The van der Waals surface area contributed by atoms with Gasteiger partial charge >= 0.3 is 0 Å². The Morgan fingerprint density at radius 2 is 1.95 bits per heavy atom. The minimum Gasteiger partial charge on any atom is -0.598 e. The lowest BCUT2D eigenvalue weighted by molar-refractivity contribution is 0.222. The molecule has 5 rings (SSSR count). The van der Waals surface area contributed by atoms with Crippen molar-refractivity contribution in [2.75, 3.05) is 81.3 Å². The van der Waals surface area contributed by atoms with Gasteiger partial charge in [0.05, 0.1) is 38.8 Å². The molecular weight excluding hydrogens is 542 g/mol. The summed E-state index contributed by atoms with van der Waals surface area (Å²) in [5.74, 6) is 2.57. The third-order valence-electron chi connectivity index (χ3n) is 7.89. The van der Waals surface area contributed by atoms with E-state index in [1.54, 1.807) is 13.4 Å². The van der Waals surface area contributed by atoms with Crippen LogP contribution >= 0.6 is 0 Å². The molecule has 1 unspecified atom stereocenters. The number of anilines is 4. The van der Waals surface area contributed by atoms with Gasteiger partial charge in [-0.2, -0.15) is 9.97 Å². The third kappa shape index (κ3) is 7.72. The molecule has 1 aliphatic heterocycles. The van der Waals surface area contributed by atoms with Crippen molar-refractivity contribution < 1.29 is 14.4 Å². The van der Waals surface area contributed by atoms with E-state index in [0.29, 0.717) is 35.7 Å². The van der Waals surface area contributed by atoms with Gasteiger partial charge < -0.3 is 39.8 Å². The second-order valence-electron chi connectivity index (χ2n) is 10.8. The number of aliphatic hydroxyl groups is 1. The second-order valence-corrected chi connectivity index (χ2v) is 12.4. The van der Waals surface area contributed by atoms with Gasteiger partial charge in [-0.05, 0) is 32.0 Å². The van der Waals surface area contributed by atoms with Crippen molar-refractivity contribution in [3.8, 4) is 5.75 Å². The van der Waals surface area contributed by atoms with Crippen LogP contribution < -0.4 is 20.3 Å². The number of likely N-dealkylation sites (N-methyl/N-ethyl adjacent to an activating group) is 1. The second kappa shape index (κ2) is 14.4. The SMILES string of the molecule is COc1cc(N2CCN([S+]([O-])CCCN(C)CCO)CC2)ccc1Nc1nc(NC2CCCCC2)c2nc[nH]c2n1. The van der Waals surface area contributed by atoms with Crippen LogP contribution in [0.4, 0.5) is 23.1 Å². The average molecular weight is 586 g/mol. The number of aliphatic hydroxyl groups excluding tert-OH is 1. The first-order valence-corrected chi connectivity index (χ1v) is 15.9. The lowest BCUT2D eigenvalue weighted by Gasteiger charge is -2.36. The number of methoxy groups -OCH3 is 1. The molecule has 2 aliphatic rings. The number of nitrogens with zero attached hydrogens (tertiary/aromatic N) is 6. The molecule has 2 fully saturated rings. The van der Waals surface area contributed by atoms with Gasteiger partial charge in [-0.1, -0.05) is 19.3 Å². The molecular formula is C28H43N9O3S. The molecule has 3 heterocycles. The first kappa shape index (κ1) is 29.6. The number of aromatic amines is 1. The Morgan fingerprint density at radius 3 is 2.71 bits per heavy atom. The number of hydrogen-bond donors (Lipinski definition) is 4. The maximum absolute atomic E-state index is 12.8. The average Bonchev–Trinajstić information content (AvgIpc) is 3.47. The highest BCUT2D eigenvalue weighted by molar-refractivity contribution is 7.89. The molecule has 1 atom stereocenters. The molecule has 0 bridgehead atoms. The summed E-state index contributed by atoms with van der Waals surface area (Å²) in [6, 6.07) is 6.50. The first-order chi connectivity index (χ1) is 20.0. The number of benzene rings is 1. The largest absolute Gasteiger partial charge is 0.598 e. The van der Waals surface area contributed by atoms with Gasteiger partial charge in [-0.25, -0.2) is 4.98 Å². The molecule has 3 aromatic rings. The lowest BCUT2D eigenvalue weighted by atomic mass is 9.95. The van der Waals surface area contributed by atoms with Gasteiger partial charge in [0.1, 0.15) is 17.0 Å². The van der Waals surface area contributed by atoms with Gasteiger partial charge in [-0.15, -0.1) is 4.31 Å². The summed E-state index contributed by atoms with van der Waals surface area (Å²) < 4.78 is 20.6. The van der Waals surface area contributed by atoms with E-state index in [0.717, 1.165) is 74.7 Å². The molecule has 1 aliphatic carbocycles. The zero-order valence-corrected chi connectivity index (χ0v) is 25.0. The molecule has 12 nitrogen and oxygen atoms in total. The first-order valence-electron chi connectivity index (χ1n) is 14.6. The quantitative estimate of drug-likeness (QED) is 0.220. The minimum atomic E-state index is -0.986. The summed E-state index contributed by atoms with van der Waals surface area (Å²) in [7, 11) is 3.64. The van der Waals surface area contributed by atoms with Gasteiger partial charge in [0.15, 0.2) is 11.5 Å². The van der Waals surface area contributed by atoms with Crippen LogP contribution in [-0.4, -0.2) is 111 Å². The highest BCUT2D eigenvalue weighted by Crippen LogP contribution is 2.33. The van der Waals surface area contributed by atoms with E-state index in [1.165, 1.54) is 19.3 Å². The molecule has 1 aromatic carbocycles. The molecule has 0 spiro atoms. The maximum Gasteiger partial charge on any atom is 0.231 e. The molecule has 0 amide bonds. The highest BCUT2D eigenvalue weighted by Gasteiger charge is 2.26. The van der Waals surface area contributed by atoms with E-state index in [1.807, 2.05) is 19.2 Å². The van der Waals surface area contributed by atoms with Gasteiger partial charge in [-0.3, -0.25) is 0 Å². The fraction of sp³-hybridized carbons (Fsp3) is 0.607. The van der Waals surface area contributed by atoms with Crippen LogP contribution in [0.15, 0.2) is 24.5 Å². The zero-order chi connectivity index (χ0) is 28.6. The Kier molecular flexibility index (Phi) is 10.4. The Bertz CT molecular complexity index is 1250. The summed E-state index contributed by atoms with van der Waals surface area (Å²) in [4.78, 5) is 21.4. The van der Waals surface area contributed by atoms with Crippen molar-refractivity contribution in [3.05, 3.63) is 24.5 Å². The smallest absolute Gasteiger partial charge is 0.231 e. The number of piperazine rings is 1. The van der Waals surface area contributed by atoms with Gasteiger partial charge in [0.25, 0.3) is 0 Å². The summed E-state index contributed by atoms with van der Waals surface area (Å²) in [6.45, 7) is 4.72. The Morgan fingerprint density at radius 1 is 1.15 bits per heavy atom. The van der Waals surface area contributed by atoms with Crippen LogP contribution in [0.5, 0.6) is 5.75 Å². The van der Waals surface area contributed by atoms with E-state index in [2.05, 4.69) is 45.8 Å². The molecule has 1 saturated heterocycles. The van der Waals surface area contributed by atoms with Crippen LogP contribution in [0.1, 0.15) is 38.5 Å². The summed E-state index contributed by atoms with van der Waals surface area (Å²) in [6.07, 6.45) is 8.54. The number of hydrogen-bond acceptors (Lipinski definition) is 11. The lowest BCUT2D eigenvalue weighted by Crippen LogP contribution is -2.49. The monoisotopic (exact) mass is 585 g/mol. The Balaban J connectivity index is 1.20. The van der Waals surface area contributed by atoms with Crippen molar-refractivity contribution >= 4 is 45.7 Å². The van der Waals surface area contributed by atoms with E-state index in [9.17, 15) is 4.55 Å². The summed E-state index contributed by atoms with van der Waals surface area (Å²) in [5.41, 5.74) is 3.28. The normalized spacial score (nSPS) is 17.7. The number of fused-ring (bicyclic) bond motifs is 1. The number of H-pyrrole nitrogens is 1. The standard InChI is InChI=1S/C28H43N9O3S/c1-35(16-17-38)11-6-18-41(39)37-14-12-36(13-15-37)22-9-10-23(24(19-22)40-2)32-28-33-26-25(29-20-30-26)27(34-28)31-21-7-4-3-5-8-21/h9-10,19-21,38H,3-8,11-18H2,1-2H3,(H3,29,30,31,32,33,34). The number of nitrogens with one attached hydrogen (secondary N) is 3. The van der Waals surface area contributed by atoms with E-state index in [4.69, 9.17) is 14.8 Å². The molecule has 0 radical (unpaired) electrons. The third-order valence-corrected chi connectivity index (χ3v) is 9.47.